The highest BCUT2D eigenvalue weighted by Gasteiger charge is 2.34. The van der Waals surface area contributed by atoms with Crippen LogP contribution in [0.2, 0.25) is 0 Å². The van der Waals surface area contributed by atoms with Crippen molar-refractivity contribution in [1.82, 2.24) is 4.90 Å². The summed E-state index contributed by atoms with van der Waals surface area (Å²) in [6, 6.07) is 13.6. The molecule has 2 aromatic rings. The van der Waals surface area contributed by atoms with Gasteiger partial charge in [0.25, 0.3) is 11.1 Å². The molecule has 0 aliphatic carbocycles. The van der Waals surface area contributed by atoms with Crippen LogP contribution in [-0.2, 0) is 16.1 Å². The minimum Gasteiger partial charge on any atom is -0.490 e. The summed E-state index contributed by atoms with van der Waals surface area (Å²) >= 11 is 3.19. The van der Waals surface area contributed by atoms with E-state index in [2.05, 4.69) is 22.6 Å². The van der Waals surface area contributed by atoms with E-state index in [0.29, 0.717) is 36.2 Å². The molecule has 2 aromatic carbocycles. The lowest BCUT2D eigenvalue weighted by atomic mass is 10.1. The quantitative estimate of drug-likeness (QED) is 0.332. The molecule has 1 saturated heterocycles. The van der Waals surface area contributed by atoms with Crippen molar-refractivity contribution in [3.8, 4) is 11.5 Å². The number of methoxy groups -OCH3 is 1. The van der Waals surface area contributed by atoms with Crippen molar-refractivity contribution >= 4 is 51.6 Å². The number of hydrogen-bond donors (Lipinski definition) is 0. The molecule has 0 saturated carbocycles. The van der Waals surface area contributed by atoms with Crippen LogP contribution in [0.15, 0.2) is 47.4 Å². The van der Waals surface area contributed by atoms with Crippen LogP contribution in [0.4, 0.5) is 4.79 Å². The Morgan fingerprint density at radius 2 is 1.83 bits per heavy atom. The fraction of sp³-hybridized carbons (Fsp3) is 0.273. The first-order chi connectivity index (χ1) is 14.5. The maximum atomic E-state index is 12.5. The molecule has 0 atom stereocenters. The van der Waals surface area contributed by atoms with Crippen molar-refractivity contribution in [2.75, 3.05) is 26.9 Å². The van der Waals surface area contributed by atoms with Crippen molar-refractivity contribution in [1.29, 1.82) is 0 Å². The monoisotopic (exact) mass is 539 g/mol. The Bertz CT molecular complexity index is 945. The first-order valence-electron chi connectivity index (χ1n) is 9.40. The van der Waals surface area contributed by atoms with Gasteiger partial charge in [-0.1, -0.05) is 18.2 Å². The normalized spacial score (nSPS) is 15.2. The average Bonchev–Trinajstić information content (AvgIpc) is 3.00. The highest BCUT2D eigenvalue weighted by molar-refractivity contribution is 14.1. The van der Waals surface area contributed by atoms with Gasteiger partial charge in [0, 0.05) is 10.7 Å². The van der Waals surface area contributed by atoms with E-state index in [1.807, 2.05) is 49.4 Å². The molecule has 0 spiro atoms. The molecule has 0 radical (unpaired) electrons. The molecule has 2 amide bonds. The number of halogens is 1. The first kappa shape index (κ1) is 22.6. The van der Waals surface area contributed by atoms with E-state index in [0.717, 1.165) is 22.9 Å². The van der Waals surface area contributed by atoms with Gasteiger partial charge in [-0.2, -0.15) is 0 Å². The van der Waals surface area contributed by atoms with E-state index >= 15 is 0 Å². The molecule has 0 bridgehead atoms. The smallest absolute Gasteiger partial charge is 0.293 e. The number of carbonyl (C=O) groups excluding carboxylic acids is 2. The maximum absolute atomic E-state index is 12.5. The number of amides is 2. The van der Waals surface area contributed by atoms with E-state index in [-0.39, 0.29) is 17.7 Å². The van der Waals surface area contributed by atoms with Gasteiger partial charge in [-0.15, -0.1) is 0 Å². The Kier molecular flexibility index (Phi) is 8.17. The standard InChI is InChI=1S/C22H22INO5S/c1-3-28-19-12-16(13-20-21(25)24(10-11-27-2)22(26)30-20)6-9-18(19)29-14-15-4-7-17(23)8-5-15/h4-9,12-13H,3,10-11,14H2,1-2H3/b20-13+. The molecule has 0 unspecified atom stereocenters. The second kappa shape index (κ2) is 10.8. The lowest BCUT2D eigenvalue weighted by Crippen LogP contribution is -2.31. The summed E-state index contributed by atoms with van der Waals surface area (Å²) in [6.07, 6.45) is 1.70. The number of rotatable bonds is 9. The van der Waals surface area contributed by atoms with Crippen molar-refractivity contribution in [3.63, 3.8) is 0 Å². The SMILES string of the molecule is CCOc1cc(/C=C2/SC(=O)N(CCOC)C2=O)ccc1OCc1ccc(I)cc1. The number of carbonyl (C=O) groups is 2. The van der Waals surface area contributed by atoms with Gasteiger partial charge in [-0.3, -0.25) is 14.5 Å². The lowest BCUT2D eigenvalue weighted by Gasteiger charge is -2.13. The van der Waals surface area contributed by atoms with Crippen LogP contribution in [0.25, 0.3) is 6.08 Å². The zero-order chi connectivity index (χ0) is 21.5. The van der Waals surface area contributed by atoms with Gasteiger partial charge in [-0.25, -0.2) is 0 Å². The van der Waals surface area contributed by atoms with Gasteiger partial charge in [-0.05, 0) is 82.7 Å². The minimum atomic E-state index is -0.306. The summed E-state index contributed by atoms with van der Waals surface area (Å²) in [5.41, 5.74) is 1.82. The molecule has 0 N–H and O–H groups in total. The summed E-state index contributed by atoms with van der Waals surface area (Å²) in [5.74, 6) is 0.912. The lowest BCUT2D eigenvalue weighted by molar-refractivity contribution is -0.123. The fourth-order valence-electron chi connectivity index (χ4n) is 2.77. The van der Waals surface area contributed by atoms with Crippen molar-refractivity contribution in [2.24, 2.45) is 0 Å². The molecule has 158 valence electrons. The summed E-state index contributed by atoms with van der Waals surface area (Å²) in [4.78, 5) is 26.2. The van der Waals surface area contributed by atoms with Gasteiger partial charge in [0.15, 0.2) is 11.5 Å². The van der Waals surface area contributed by atoms with Crippen LogP contribution in [0.3, 0.4) is 0 Å². The molecule has 6 nitrogen and oxygen atoms in total. The molecule has 1 aliphatic heterocycles. The van der Waals surface area contributed by atoms with Crippen LogP contribution in [0.1, 0.15) is 18.1 Å². The molecule has 8 heteroatoms. The van der Waals surface area contributed by atoms with E-state index < -0.39 is 0 Å². The highest BCUT2D eigenvalue weighted by atomic mass is 127. The average molecular weight is 539 g/mol. The number of ether oxygens (including phenoxy) is 3. The Balaban J connectivity index is 1.75. The van der Waals surface area contributed by atoms with E-state index in [1.54, 1.807) is 6.08 Å². The highest BCUT2D eigenvalue weighted by Crippen LogP contribution is 2.34. The molecule has 1 aliphatic rings. The summed E-state index contributed by atoms with van der Waals surface area (Å²) in [5, 5.41) is -0.286. The largest absolute Gasteiger partial charge is 0.490 e. The third kappa shape index (κ3) is 5.77. The number of thioether (sulfide) groups is 1. The van der Waals surface area contributed by atoms with E-state index in [4.69, 9.17) is 14.2 Å². The van der Waals surface area contributed by atoms with Crippen LogP contribution in [0.5, 0.6) is 11.5 Å². The Hall–Kier alpha value is -2.04. The number of hydrogen-bond acceptors (Lipinski definition) is 6. The van der Waals surface area contributed by atoms with Crippen LogP contribution >= 0.6 is 34.4 Å². The molecular formula is C22H22INO5S. The van der Waals surface area contributed by atoms with Crippen LogP contribution in [0, 0.1) is 3.57 Å². The van der Waals surface area contributed by atoms with E-state index in [1.165, 1.54) is 15.6 Å². The number of nitrogens with zero attached hydrogens (tertiary/aromatic N) is 1. The molecule has 1 fully saturated rings. The van der Waals surface area contributed by atoms with Crippen molar-refractivity contribution in [2.45, 2.75) is 13.5 Å². The molecule has 3 rings (SSSR count). The number of benzene rings is 2. The van der Waals surface area contributed by atoms with Gasteiger partial charge >= 0.3 is 0 Å². The van der Waals surface area contributed by atoms with Gasteiger partial charge in [0.1, 0.15) is 6.61 Å². The molecule has 0 aromatic heterocycles. The summed E-state index contributed by atoms with van der Waals surface area (Å²) in [7, 11) is 1.53. The predicted molar refractivity (Wildman–Crippen MR) is 126 cm³/mol. The van der Waals surface area contributed by atoms with Gasteiger partial charge in [0.05, 0.1) is 24.7 Å². The molecule has 30 heavy (non-hydrogen) atoms. The molecular weight excluding hydrogens is 517 g/mol. The zero-order valence-electron chi connectivity index (χ0n) is 16.7. The molecule has 1 heterocycles. The van der Waals surface area contributed by atoms with E-state index in [9.17, 15) is 9.59 Å². The van der Waals surface area contributed by atoms with Crippen molar-refractivity contribution in [3.05, 3.63) is 62.1 Å². The third-order valence-electron chi connectivity index (χ3n) is 4.27. The maximum Gasteiger partial charge on any atom is 0.293 e. The Morgan fingerprint density at radius 3 is 2.53 bits per heavy atom. The first-order valence-corrected chi connectivity index (χ1v) is 11.3. The van der Waals surface area contributed by atoms with Crippen LogP contribution < -0.4 is 9.47 Å². The predicted octanol–water partition coefficient (Wildman–Crippen LogP) is 4.95. The third-order valence-corrected chi connectivity index (χ3v) is 5.89. The zero-order valence-corrected chi connectivity index (χ0v) is 19.7. The van der Waals surface area contributed by atoms with Crippen molar-refractivity contribution < 1.29 is 23.8 Å². The number of imide groups is 1. The Morgan fingerprint density at radius 1 is 1.07 bits per heavy atom. The topological polar surface area (TPSA) is 65.1 Å². The summed E-state index contributed by atoms with van der Waals surface area (Å²) in [6.45, 7) is 3.36. The van der Waals surface area contributed by atoms with Gasteiger partial charge in [0.2, 0.25) is 0 Å². The second-order valence-corrected chi connectivity index (χ2v) is 8.62. The van der Waals surface area contributed by atoms with Crippen LogP contribution in [-0.4, -0.2) is 42.9 Å². The van der Waals surface area contributed by atoms with Gasteiger partial charge < -0.3 is 14.2 Å². The minimum absolute atomic E-state index is 0.244. The fourth-order valence-corrected chi connectivity index (χ4v) is 4.00. The summed E-state index contributed by atoms with van der Waals surface area (Å²) < 4.78 is 17.8. The Labute approximate surface area is 193 Å². The second-order valence-electron chi connectivity index (χ2n) is 6.38.